The largest absolute Gasteiger partial charge is 0.496 e. The molecule has 0 aliphatic carbocycles. The molecule has 1 atom stereocenters. The van der Waals surface area contributed by atoms with E-state index in [0.29, 0.717) is 5.02 Å². The number of thiazole rings is 1. The molecule has 0 spiro atoms. The average Bonchev–Trinajstić information content (AvgIpc) is 2.78. The molecule has 0 saturated carbocycles. The number of rotatable bonds is 3. The lowest BCUT2D eigenvalue weighted by atomic mass is 10.2. The van der Waals surface area contributed by atoms with E-state index in [2.05, 4.69) is 4.98 Å². The van der Waals surface area contributed by atoms with Gasteiger partial charge in [0.15, 0.2) is 0 Å². The van der Waals surface area contributed by atoms with Gasteiger partial charge in [-0.15, -0.1) is 11.3 Å². The highest BCUT2D eigenvalue weighted by atomic mass is 35.5. The van der Waals surface area contributed by atoms with Crippen molar-refractivity contribution in [3.05, 3.63) is 34.3 Å². The Morgan fingerprint density at radius 3 is 2.82 bits per heavy atom. The number of hydrogen-bond acceptors (Lipinski definition) is 4. The number of benzene rings is 1. The summed E-state index contributed by atoms with van der Waals surface area (Å²) >= 11 is 7.53. The zero-order valence-corrected chi connectivity index (χ0v) is 11.2. The molecule has 17 heavy (non-hydrogen) atoms. The Morgan fingerprint density at radius 2 is 2.24 bits per heavy atom. The Balaban J connectivity index is 2.47. The predicted molar refractivity (Wildman–Crippen MR) is 71.7 cm³/mol. The molecule has 1 unspecified atom stereocenters. The van der Waals surface area contributed by atoms with Gasteiger partial charge in [0.25, 0.3) is 0 Å². The van der Waals surface area contributed by atoms with Crippen molar-refractivity contribution < 1.29 is 4.74 Å². The molecule has 2 rings (SSSR count). The van der Waals surface area contributed by atoms with Crippen molar-refractivity contribution in [1.82, 2.24) is 4.98 Å². The monoisotopic (exact) mass is 268 g/mol. The van der Waals surface area contributed by atoms with E-state index in [1.807, 2.05) is 24.4 Å². The summed E-state index contributed by atoms with van der Waals surface area (Å²) in [5, 5.41) is 3.50. The molecule has 2 N–H and O–H groups in total. The molecule has 3 nitrogen and oxygen atoms in total. The van der Waals surface area contributed by atoms with E-state index in [0.717, 1.165) is 22.0 Å². The second-order valence-corrected chi connectivity index (χ2v) is 5.01. The summed E-state index contributed by atoms with van der Waals surface area (Å²) in [6.07, 6.45) is 0. The zero-order valence-electron chi connectivity index (χ0n) is 9.61. The summed E-state index contributed by atoms with van der Waals surface area (Å²) in [5.41, 5.74) is 7.57. The van der Waals surface area contributed by atoms with Crippen LogP contribution in [-0.2, 0) is 0 Å². The van der Waals surface area contributed by atoms with Crippen molar-refractivity contribution in [2.24, 2.45) is 5.73 Å². The van der Waals surface area contributed by atoms with Gasteiger partial charge in [-0.1, -0.05) is 11.6 Å². The van der Waals surface area contributed by atoms with Crippen LogP contribution >= 0.6 is 22.9 Å². The van der Waals surface area contributed by atoms with Crippen LogP contribution in [0.4, 0.5) is 0 Å². The minimum atomic E-state index is -0.0646. The van der Waals surface area contributed by atoms with Crippen LogP contribution in [0.3, 0.4) is 0 Å². The fourth-order valence-corrected chi connectivity index (χ4v) is 2.58. The van der Waals surface area contributed by atoms with Gasteiger partial charge in [0.2, 0.25) is 0 Å². The molecular weight excluding hydrogens is 256 g/mol. The summed E-state index contributed by atoms with van der Waals surface area (Å²) in [7, 11) is 1.63. The third kappa shape index (κ3) is 2.60. The third-order valence-corrected chi connectivity index (χ3v) is 3.51. The molecule has 1 aromatic heterocycles. The molecule has 5 heteroatoms. The Kier molecular flexibility index (Phi) is 3.66. The van der Waals surface area contributed by atoms with E-state index in [9.17, 15) is 0 Å². The smallest absolute Gasteiger partial charge is 0.129 e. The first kappa shape index (κ1) is 12.4. The van der Waals surface area contributed by atoms with Gasteiger partial charge in [-0.3, -0.25) is 0 Å². The number of nitrogens with zero attached hydrogens (tertiary/aromatic N) is 1. The average molecular weight is 269 g/mol. The Bertz CT molecular complexity index is 525. The molecule has 0 aliphatic heterocycles. The highest BCUT2D eigenvalue weighted by Crippen LogP contribution is 2.34. The van der Waals surface area contributed by atoms with Gasteiger partial charge in [0, 0.05) is 16.4 Å². The summed E-state index contributed by atoms with van der Waals surface area (Å²) in [4.78, 5) is 4.48. The molecule has 1 heterocycles. The lowest BCUT2D eigenvalue weighted by Crippen LogP contribution is -2.04. The maximum atomic E-state index is 5.99. The molecular formula is C12H13ClN2OS. The molecule has 0 fully saturated rings. The van der Waals surface area contributed by atoms with Crippen LogP contribution in [0.25, 0.3) is 10.6 Å². The normalized spacial score (nSPS) is 12.5. The van der Waals surface area contributed by atoms with E-state index in [1.54, 1.807) is 13.2 Å². The Hall–Kier alpha value is -1.10. The summed E-state index contributed by atoms with van der Waals surface area (Å²) in [6.45, 7) is 1.91. The van der Waals surface area contributed by atoms with Crippen molar-refractivity contribution in [1.29, 1.82) is 0 Å². The van der Waals surface area contributed by atoms with E-state index >= 15 is 0 Å². The number of methoxy groups -OCH3 is 1. The number of hydrogen-bond donors (Lipinski definition) is 1. The summed E-state index contributed by atoms with van der Waals surface area (Å²) in [6, 6.07) is 5.42. The van der Waals surface area contributed by atoms with Crippen LogP contribution in [-0.4, -0.2) is 12.1 Å². The first-order valence-corrected chi connectivity index (χ1v) is 6.42. The van der Waals surface area contributed by atoms with E-state index in [1.165, 1.54) is 11.3 Å². The van der Waals surface area contributed by atoms with Crippen molar-refractivity contribution in [2.45, 2.75) is 13.0 Å². The third-order valence-electron chi connectivity index (χ3n) is 2.38. The first-order valence-electron chi connectivity index (χ1n) is 5.16. The van der Waals surface area contributed by atoms with Gasteiger partial charge < -0.3 is 10.5 Å². The van der Waals surface area contributed by atoms with Crippen LogP contribution in [0.2, 0.25) is 5.02 Å². The van der Waals surface area contributed by atoms with Gasteiger partial charge >= 0.3 is 0 Å². The number of halogens is 1. The van der Waals surface area contributed by atoms with Crippen LogP contribution in [0, 0.1) is 0 Å². The molecule has 90 valence electrons. The summed E-state index contributed by atoms with van der Waals surface area (Å²) < 4.78 is 5.30. The van der Waals surface area contributed by atoms with Gasteiger partial charge in [-0.25, -0.2) is 4.98 Å². The van der Waals surface area contributed by atoms with Crippen LogP contribution in [0.15, 0.2) is 23.6 Å². The van der Waals surface area contributed by atoms with E-state index in [4.69, 9.17) is 22.1 Å². The molecule has 0 amide bonds. The minimum Gasteiger partial charge on any atom is -0.496 e. The fourth-order valence-electron chi connectivity index (χ4n) is 1.47. The molecule has 1 aromatic carbocycles. The van der Waals surface area contributed by atoms with Crippen molar-refractivity contribution in [2.75, 3.05) is 7.11 Å². The second-order valence-electron chi connectivity index (χ2n) is 3.71. The van der Waals surface area contributed by atoms with Crippen molar-refractivity contribution >= 4 is 22.9 Å². The number of ether oxygens (including phenoxy) is 1. The van der Waals surface area contributed by atoms with E-state index < -0.39 is 0 Å². The number of nitrogens with two attached hydrogens (primary N) is 1. The highest BCUT2D eigenvalue weighted by Gasteiger charge is 2.12. The molecule has 2 aromatic rings. The SMILES string of the molecule is COc1ccc(Cl)cc1-c1nc(C(C)N)cs1. The lowest BCUT2D eigenvalue weighted by molar-refractivity contribution is 0.416. The Labute approximate surface area is 109 Å². The van der Waals surface area contributed by atoms with E-state index in [-0.39, 0.29) is 6.04 Å². The van der Waals surface area contributed by atoms with Gasteiger partial charge in [0.05, 0.1) is 18.4 Å². The Morgan fingerprint density at radius 1 is 1.47 bits per heavy atom. The maximum Gasteiger partial charge on any atom is 0.129 e. The topological polar surface area (TPSA) is 48.1 Å². The second kappa shape index (κ2) is 5.04. The predicted octanol–water partition coefficient (Wildman–Crippen LogP) is 3.49. The zero-order chi connectivity index (χ0) is 12.4. The van der Waals surface area contributed by atoms with Crippen LogP contribution in [0.5, 0.6) is 5.75 Å². The van der Waals surface area contributed by atoms with Gasteiger partial charge in [-0.05, 0) is 25.1 Å². The van der Waals surface area contributed by atoms with Crippen LogP contribution in [0.1, 0.15) is 18.7 Å². The first-order chi connectivity index (χ1) is 8.11. The van der Waals surface area contributed by atoms with Crippen molar-refractivity contribution in [3.63, 3.8) is 0 Å². The fraction of sp³-hybridized carbons (Fsp3) is 0.250. The van der Waals surface area contributed by atoms with Gasteiger partial charge in [0.1, 0.15) is 10.8 Å². The van der Waals surface area contributed by atoms with Crippen LogP contribution < -0.4 is 10.5 Å². The number of aromatic nitrogens is 1. The summed E-state index contributed by atoms with van der Waals surface area (Å²) in [5.74, 6) is 0.764. The molecule has 0 radical (unpaired) electrons. The van der Waals surface area contributed by atoms with Crippen molar-refractivity contribution in [3.8, 4) is 16.3 Å². The molecule has 0 bridgehead atoms. The minimum absolute atomic E-state index is 0.0646. The lowest BCUT2D eigenvalue weighted by Gasteiger charge is -2.06. The highest BCUT2D eigenvalue weighted by molar-refractivity contribution is 7.13. The quantitative estimate of drug-likeness (QED) is 0.927. The maximum absolute atomic E-state index is 5.99. The molecule has 0 aliphatic rings. The van der Waals surface area contributed by atoms with Gasteiger partial charge in [-0.2, -0.15) is 0 Å². The standard InChI is InChI=1S/C12H13ClN2OS/c1-7(14)10-6-17-12(15-10)9-5-8(13)3-4-11(9)16-2/h3-7H,14H2,1-2H3. The molecule has 0 saturated heterocycles.